The van der Waals surface area contributed by atoms with E-state index in [0.29, 0.717) is 16.0 Å². The van der Waals surface area contributed by atoms with Crippen LogP contribution in [0.25, 0.3) is 5.69 Å². The van der Waals surface area contributed by atoms with Crippen molar-refractivity contribution < 1.29 is 9.53 Å². The van der Waals surface area contributed by atoms with E-state index in [1.54, 1.807) is 23.3 Å². The minimum absolute atomic E-state index is 0.140. The molecule has 3 rings (SSSR count). The number of nitrogens with zero attached hydrogens (tertiary/aromatic N) is 3. The number of carbonyl (C=O) groups is 1. The number of aromatic nitrogens is 3. The summed E-state index contributed by atoms with van der Waals surface area (Å²) in [6, 6.07) is 11.5. The number of carbonyl (C=O) groups excluding carboxylic acids is 1. The van der Waals surface area contributed by atoms with Gasteiger partial charge in [-0.15, -0.1) is 5.10 Å². The molecule has 122 valence electrons. The van der Waals surface area contributed by atoms with Crippen molar-refractivity contribution >= 4 is 27.5 Å². The van der Waals surface area contributed by atoms with E-state index in [2.05, 4.69) is 31.3 Å². The summed E-state index contributed by atoms with van der Waals surface area (Å²) >= 11 is 3.39. The molecule has 7 heteroatoms. The summed E-state index contributed by atoms with van der Waals surface area (Å²) in [7, 11) is 0. The number of amides is 1. The van der Waals surface area contributed by atoms with Crippen LogP contribution in [-0.2, 0) is 4.79 Å². The van der Waals surface area contributed by atoms with Crippen molar-refractivity contribution in [2.45, 2.75) is 6.92 Å². The van der Waals surface area contributed by atoms with Crippen molar-refractivity contribution in [3.63, 3.8) is 0 Å². The first-order valence-corrected chi connectivity index (χ1v) is 8.06. The van der Waals surface area contributed by atoms with Gasteiger partial charge in [-0.3, -0.25) is 9.78 Å². The molecule has 0 radical (unpaired) electrons. The fraction of sp³-hybridized carbons (Fsp3) is 0.118. The predicted molar refractivity (Wildman–Crippen MR) is 94.4 cm³/mol. The highest BCUT2D eigenvalue weighted by molar-refractivity contribution is 9.10. The van der Waals surface area contributed by atoms with Crippen molar-refractivity contribution in [2.75, 3.05) is 11.9 Å². The van der Waals surface area contributed by atoms with Gasteiger partial charge in [0.25, 0.3) is 5.91 Å². The Morgan fingerprint density at radius 1 is 1.29 bits per heavy atom. The van der Waals surface area contributed by atoms with Crippen molar-refractivity contribution in [1.82, 2.24) is 14.8 Å². The van der Waals surface area contributed by atoms with Gasteiger partial charge in [0.15, 0.2) is 6.61 Å². The average molecular weight is 387 g/mol. The number of ether oxygens (including phenoxy) is 1. The van der Waals surface area contributed by atoms with Gasteiger partial charge < -0.3 is 10.1 Å². The number of hydrogen-bond acceptors (Lipinski definition) is 4. The molecule has 1 aromatic carbocycles. The molecule has 3 aromatic rings. The highest BCUT2D eigenvalue weighted by Crippen LogP contribution is 2.24. The first-order chi connectivity index (χ1) is 11.6. The Kier molecular flexibility index (Phi) is 4.90. The Morgan fingerprint density at radius 2 is 2.08 bits per heavy atom. The van der Waals surface area contributed by atoms with Gasteiger partial charge in [-0.2, -0.15) is 0 Å². The Hall–Kier alpha value is -2.67. The van der Waals surface area contributed by atoms with Gasteiger partial charge in [0.2, 0.25) is 5.88 Å². The van der Waals surface area contributed by atoms with E-state index in [1.807, 2.05) is 43.3 Å². The smallest absolute Gasteiger partial charge is 0.262 e. The summed E-state index contributed by atoms with van der Waals surface area (Å²) < 4.78 is 7.86. The van der Waals surface area contributed by atoms with Crippen LogP contribution in [0.3, 0.4) is 0 Å². The summed E-state index contributed by atoms with van der Waals surface area (Å²) in [6.07, 6.45) is 5.07. The number of pyridine rings is 1. The number of anilines is 1. The molecule has 0 aliphatic heterocycles. The van der Waals surface area contributed by atoms with Gasteiger partial charge in [-0.1, -0.05) is 18.2 Å². The summed E-state index contributed by atoms with van der Waals surface area (Å²) in [5.74, 6) is 0.0872. The number of nitrogens with one attached hydrogen (secondary N) is 1. The number of rotatable bonds is 5. The molecular weight excluding hydrogens is 372 g/mol. The van der Waals surface area contributed by atoms with E-state index in [0.717, 1.165) is 11.3 Å². The molecule has 0 aliphatic rings. The van der Waals surface area contributed by atoms with E-state index in [1.165, 1.54) is 0 Å². The van der Waals surface area contributed by atoms with E-state index in [-0.39, 0.29) is 12.5 Å². The molecule has 0 atom stereocenters. The lowest BCUT2D eigenvalue weighted by Gasteiger charge is -2.07. The standard InChI is InChI=1S/C17H15BrN4O2/c1-12-7-8-19-9-15(12)20-16(23)11-24-17-14(18)10-22(21-17)13-5-3-2-4-6-13/h2-10H,11H2,1H3,(H,20,23). The fourth-order valence-corrected chi connectivity index (χ4v) is 2.45. The second kappa shape index (κ2) is 7.27. The number of halogens is 1. The van der Waals surface area contributed by atoms with E-state index >= 15 is 0 Å². The van der Waals surface area contributed by atoms with Crippen LogP contribution in [0, 0.1) is 6.92 Å². The highest BCUT2D eigenvalue weighted by atomic mass is 79.9. The summed E-state index contributed by atoms with van der Waals surface area (Å²) in [5.41, 5.74) is 2.51. The lowest BCUT2D eigenvalue weighted by atomic mass is 10.2. The Labute approximate surface area is 147 Å². The first-order valence-electron chi connectivity index (χ1n) is 7.27. The molecule has 0 saturated heterocycles. The van der Waals surface area contributed by atoms with E-state index in [9.17, 15) is 4.79 Å². The molecule has 1 N–H and O–H groups in total. The normalized spacial score (nSPS) is 10.4. The van der Waals surface area contributed by atoms with Crippen molar-refractivity contribution in [1.29, 1.82) is 0 Å². The fourth-order valence-electron chi connectivity index (χ4n) is 2.06. The molecular formula is C17H15BrN4O2. The molecule has 0 fully saturated rings. The Balaban J connectivity index is 1.64. The van der Waals surface area contributed by atoms with Crippen molar-refractivity contribution in [3.8, 4) is 11.6 Å². The second-order valence-corrected chi connectivity index (χ2v) is 5.94. The van der Waals surface area contributed by atoms with Crippen LogP contribution < -0.4 is 10.1 Å². The van der Waals surface area contributed by atoms with Gasteiger partial charge in [-0.05, 0) is 46.6 Å². The maximum Gasteiger partial charge on any atom is 0.262 e. The highest BCUT2D eigenvalue weighted by Gasteiger charge is 2.12. The molecule has 0 spiro atoms. The van der Waals surface area contributed by atoms with Crippen molar-refractivity contribution in [3.05, 3.63) is 65.0 Å². The topological polar surface area (TPSA) is 69.0 Å². The van der Waals surface area contributed by atoms with Gasteiger partial charge >= 0.3 is 0 Å². The number of aryl methyl sites for hydroxylation is 1. The molecule has 2 aromatic heterocycles. The summed E-state index contributed by atoms with van der Waals surface area (Å²) in [5, 5.41) is 7.09. The average Bonchev–Trinajstić information content (AvgIpc) is 2.97. The van der Waals surface area contributed by atoms with Gasteiger partial charge in [-0.25, -0.2) is 4.68 Å². The maximum absolute atomic E-state index is 12.0. The molecule has 2 heterocycles. The third-order valence-electron chi connectivity index (χ3n) is 3.31. The molecule has 1 amide bonds. The zero-order chi connectivity index (χ0) is 16.9. The SMILES string of the molecule is Cc1ccncc1NC(=O)COc1nn(-c2ccccc2)cc1Br. The second-order valence-electron chi connectivity index (χ2n) is 5.09. The molecule has 6 nitrogen and oxygen atoms in total. The largest absolute Gasteiger partial charge is 0.466 e. The Morgan fingerprint density at radius 3 is 2.83 bits per heavy atom. The monoisotopic (exact) mass is 386 g/mol. The summed E-state index contributed by atoms with van der Waals surface area (Å²) in [4.78, 5) is 16.0. The van der Waals surface area contributed by atoms with Crippen molar-refractivity contribution in [2.24, 2.45) is 0 Å². The van der Waals surface area contributed by atoms with Gasteiger partial charge in [0, 0.05) is 12.4 Å². The Bertz CT molecular complexity index is 849. The minimum Gasteiger partial charge on any atom is -0.466 e. The summed E-state index contributed by atoms with van der Waals surface area (Å²) in [6.45, 7) is 1.76. The van der Waals surface area contributed by atoms with E-state index in [4.69, 9.17) is 4.74 Å². The van der Waals surface area contributed by atoms with Crippen LogP contribution in [0.4, 0.5) is 5.69 Å². The van der Waals surface area contributed by atoms with Crippen LogP contribution in [0.15, 0.2) is 59.5 Å². The third-order valence-corrected chi connectivity index (χ3v) is 3.86. The van der Waals surface area contributed by atoms with Gasteiger partial charge in [0.05, 0.1) is 22.0 Å². The number of para-hydroxylation sites is 1. The third kappa shape index (κ3) is 3.80. The quantitative estimate of drug-likeness (QED) is 0.729. The molecule has 0 saturated carbocycles. The van der Waals surface area contributed by atoms with Crippen LogP contribution in [-0.4, -0.2) is 27.3 Å². The number of benzene rings is 1. The van der Waals surface area contributed by atoms with Crippen LogP contribution in [0.1, 0.15) is 5.56 Å². The lowest BCUT2D eigenvalue weighted by Crippen LogP contribution is -2.21. The lowest BCUT2D eigenvalue weighted by molar-refractivity contribution is -0.118. The molecule has 0 unspecified atom stereocenters. The zero-order valence-electron chi connectivity index (χ0n) is 12.9. The van der Waals surface area contributed by atoms with Crippen LogP contribution in [0.2, 0.25) is 0 Å². The molecule has 0 bridgehead atoms. The maximum atomic E-state index is 12.0. The van der Waals surface area contributed by atoms with Crippen LogP contribution >= 0.6 is 15.9 Å². The predicted octanol–water partition coefficient (Wildman–Crippen LogP) is 3.36. The molecule has 24 heavy (non-hydrogen) atoms. The minimum atomic E-state index is -0.271. The zero-order valence-corrected chi connectivity index (χ0v) is 14.5. The van der Waals surface area contributed by atoms with E-state index < -0.39 is 0 Å². The number of hydrogen-bond donors (Lipinski definition) is 1. The van der Waals surface area contributed by atoms with Gasteiger partial charge in [0.1, 0.15) is 0 Å². The van der Waals surface area contributed by atoms with Crippen LogP contribution in [0.5, 0.6) is 5.88 Å². The molecule has 0 aliphatic carbocycles. The first kappa shape index (κ1) is 16.2.